The fourth-order valence-corrected chi connectivity index (χ4v) is 2.83. The molecule has 0 atom stereocenters. The molecule has 0 fully saturated rings. The van der Waals surface area contributed by atoms with Gasteiger partial charge in [-0.3, -0.25) is 9.78 Å². The third-order valence-electron chi connectivity index (χ3n) is 4.20. The summed E-state index contributed by atoms with van der Waals surface area (Å²) in [5.41, 5.74) is 2.82. The highest BCUT2D eigenvalue weighted by molar-refractivity contribution is 6.11. The van der Waals surface area contributed by atoms with E-state index in [1.165, 1.54) is 0 Å². The van der Waals surface area contributed by atoms with Gasteiger partial charge in [-0.15, -0.1) is 0 Å². The maximum atomic E-state index is 12.6. The van der Waals surface area contributed by atoms with Crippen molar-refractivity contribution in [3.63, 3.8) is 0 Å². The predicted octanol–water partition coefficient (Wildman–Crippen LogP) is 3.62. The summed E-state index contributed by atoms with van der Waals surface area (Å²) < 4.78 is 5.76. The molecule has 0 aliphatic carbocycles. The van der Waals surface area contributed by atoms with Gasteiger partial charge in [0.05, 0.1) is 17.7 Å². The molecule has 1 amide bonds. The highest BCUT2D eigenvalue weighted by atomic mass is 16.5. The number of nitrogens with zero attached hydrogens (tertiary/aromatic N) is 3. The molecular weight excluding hydrogens is 354 g/mol. The largest absolute Gasteiger partial charge is 0.478 e. The van der Waals surface area contributed by atoms with E-state index < -0.39 is 0 Å². The van der Waals surface area contributed by atoms with Gasteiger partial charge in [-0.25, -0.2) is 9.97 Å². The van der Waals surface area contributed by atoms with E-state index in [1.54, 1.807) is 36.8 Å². The Hall–Kier alpha value is -3.74. The van der Waals surface area contributed by atoms with Crippen molar-refractivity contribution in [3.05, 3.63) is 78.4 Å². The highest BCUT2D eigenvalue weighted by Gasteiger charge is 2.15. The van der Waals surface area contributed by atoms with E-state index in [9.17, 15) is 4.79 Å². The van der Waals surface area contributed by atoms with Gasteiger partial charge in [0, 0.05) is 30.4 Å². The van der Waals surface area contributed by atoms with Crippen molar-refractivity contribution in [2.24, 2.45) is 0 Å². The van der Waals surface area contributed by atoms with Crippen LogP contribution in [-0.4, -0.2) is 32.4 Å². The molecule has 0 bridgehead atoms. The molecular formula is C21H19N5O2. The third-order valence-corrected chi connectivity index (χ3v) is 4.20. The molecule has 0 radical (unpaired) electrons. The van der Waals surface area contributed by atoms with Gasteiger partial charge in [-0.1, -0.05) is 12.1 Å². The number of anilines is 1. The second kappa shape index (κ2) is 8.30. The minimum atomic E-state index is -0.273. The molecule has 0 aliphatic rings. The fraction of sp³-hybridized carbons (Fsp3) is 0.143. The van der Waals surface area contributed by atoms with Crippen molar-refractivity contribution in [2.75, 3.05) is 11.9 Å². The molecule has 140 valence electrons. The van der Waals surface area contributed by atoms with Crippen molar-refractivity contribution in [1.82, 2.24) is 19.9 Å². The first kappa shape index (κ1) is 17.7. The van der Waals surface area contributed by atoms with Crippen molar-refractivity contribution in [2.45, 2.75) is 12.8 Å². The first-order valence-corrected chi connectivity index (χ1v) is 9.03. The maximum absolute atomic E-state index is 12.6. The Morgan fingerprint density at radius 2 is 1.89 bits per heavy atom. The molecule has 0 aromatic carbocycles. The standard InChI is InChI=1S/C21H19N5O2/c27-21(25-18-8-2-4-12-23-18)16-14-24-17-9-10-19(26-20(16)17)28-13-5-7-15-6-1-3-11-22-15/h1-4,6,8-12,14,24H,5,7,13H2,(H,23,25,27). The summed E-state index contributed by atoms with van der Waals surface area (Å²) >= 11 is 0. The molecule has 4 aromatic heterocycles. The van der Waals surface area contributed by atoms with Gasteiger partial charge in [0.1, 0.15) is 11.3 Å². The second-order valence-corrected chi connectivity index (χ2v) is 6.19. The first-order valence-electron chi connectivity index (χ1n) is 9.03. The quantitative estimate of drug-likeness (QED) is 0.483. The monoisotopic (exact) mass is 373 g/mol. The van der Waals surface area contributed by atoms with Crippen LogP contribution >= 0.6 is 0 Å². The number of hydrogen-bond donors (Lipinski definition) is 2. The summed E-state index contributed by atoms with van der Waals surface area (Å²) in [6.07, 6.45) is 6.72. The summed E-state index contributed by atoms with van der Waals surface area (Å²) in [7, 11) is 0. The molecule has 7 heteroatoms. The van der Waals surface area contributed by atoms with Crippen LogP contribution in [0.3, 0.4) is 0 Å². The fourth-order valence-electron chi connectivity index (χ4n) is 2.83. The summed E-state index contributed by atoms with van der Waals surface area (Å²) in [5, 5.41) is 2.77. The van der Waals surface area contributed by atoms with Gasteiger partial charge in [-0.2, -0.15) is 0 Å². The number of rotatable bonds is 7. The topological polar surface area (TPSA) is 92.8 Å². The van der Waals surface area contributed by atoms with E-state index in [0.717, 1.165) is 24.1 Å². The minimum Gasteiger partial charge on any atom is -0.478 e. The van der Waals surface area contributed by atoms with E-state index in [0.29, 0.717) is 29.4 Å². The van der Waals surface area contributed by atoms with Crippen LogP contribution in [-0.2, 0) is 6.42 Å². The van der Waals surface area contributed by atoms with Crippen molar-refractivity contribution >= 4 is 22.8 Å². The van der Waals surface area contributed by atoms with Crippen LogP contribution in [0, 0.1) is 0 Å². The lowest BCUT2D eigenvalue weighted by atomic mass is 10.2. The summed E-state index contributed by atoms with van der Waals surface area (Å²) in [6, 6.07) is 14.9. The Morgan fingerprint density at radius 3 is 2.68 bits per heavy atom. The van der Waals surface area contributed by atoms with E-state index >= 15 is 0 Å². The van der Waals surface area contributed by atoms with Crippen LogP contribution in [0.1, 0.15) is 22.5 Å². The van der Waals surface area contributed by atoms with Gasteiger partial charge in [0.15, 0.2) is 0 Å². The number of nitrogens with one attached hydrogen (secondary N) is 2. The van der Waals surface area contributed by atoms with E-state index in [4.69, 9.17) is 4.74 Å². The second-order valence-electron chi connectivity index (χ2n) is 6.19. The minimum absolute atomic E-state index is 0.273. The lowest BCUT2D eigenvalue weighted by molar-refractivity contribution is 0.102. The summed E-state index contributed by atoms with van der Waals surface area (Å²) in [4.78, 5) is 28.5. The van der Waals surface area contributed by atoms with Crippen LogP contribution in [0.5, 0.6) is 5.88 Å². The predicted molar refractivity (Wildman–Crippen MR) is 106 cm³/mol. The van der Waals surface area contributed by atoms with Crippen LogP contribution in [0.25, 0.3) is 11.0 Å². The molecule has 7 nitrogen and oxygen atoms in total. The zero-order valence-electron chi connectivity index (χ0n) is 15.1. The van der Waals surface area contributed by atoms with E-state index in [1.807, 2.05) is 30.3 Å². The van der Waals surface area contributed by atoms with Crippen molar-refractivity contribution in [3.8, 4) is 5.88 Å². The summed E-state index contributed by atoms with van der Waals surface area (Å²) in [5.74, 6) is 0.702. The van der Waals surface area contributed by atoms with Crippen LogP contribution in [0.15, 0.2) is 67.1 Å². The Bertz CT molecular complexity index is 1060. The van der Waals surface area contributed by atoms with Gasteiger partial charge >= 0.3 is 0 Å². The smallest absolute Gasteiger partial charge is 0.260 e. The zero-order valence-corrected chi connectivity index (χ0v) is 15.1. The number of aromatic nitrogens is 4. The number of hydrogen-bond acceptors (Lipinski definition) is 5. The van der Waals surface area contributed by atoms with Gasteiger partial charge in [0.2, 0.25) is 5.88 Å². The number of ether oxygens (including phenoxy) is 1. The van der Waals surface area contributed by atoms with Crippen molar-refractivity contribution in [1.29, 1.82) is 0 Å². The Morgan fingerprint density at radius 1 is 1.04 bits per heavy atom. The average Bonchev–Trinajstić information content (AvgIpc) is 3.16. The maximum Gasteiger partial charge on any atom is 0.260 e. The zero-order chi connectivity index (χ0) is 19.2. The van der Waals surface area contributed by atoms with E-state index in [-0.39, 0.29) is 5.91 Å². The average molecular weight is 373 g/mol. The Balaban J connectivity index is 1.41. The van der Waals surface area contributed by atoms with Crippen molar-refractivity contribution < 1.29 is 9.53 Å². The molecule has 0 unspecified atom stereocenters. The lowest BCUT2D eigenvalue weighted by Crippen LogP contribution is -2.12. The number of amides is 1. The van der Waals surface area contributed by atoms with Crippen LogP contribution in [0.4, 0.5) is 5.82 Å². The molecule has 4 aromatic rings. The van der Waals surface area contributed by atoms with Gasteiger partial charge in [-0.05, 0) is 43.2 Å². The number of fused-ring (bicyclic) bond motifs is 1. The summed E-state index contributed by atoms with van der Waals surface area (Å²) in [6.45, 7) is 0.523. The van der Waals surface area contributed by atoms with Gasteiger partial charge < -0.3 is 15.0 Å². The molecule has 2 N–H and O–H groups in total. The Labute approximate surface area is 161 Å². The molecule has 0 saturated heterocycles. The normalized spacial score (nSPS) is 10.7. The lowest BCUT2D eigenvalue weighted by Gasteiger charge is -2.06. The number of pyridine rings is 3. The van der Waals surface area contributed by atoms with Gasteiger partial charge in [0.25, 0.3) is 5.91 Å². The molecule has 0 spiro atoms. The number of aryl methyl sites for hydroxylation is 1. The SMILES string of the molecule is O=C(Nc1ccccn1)c1c[nH]c2ccc(OCCCc3ccccn3)nc12. The van der Waals surface area contributed by atoms with E-state index in [2.05, 4.69) is 25.3 Å². The Kier molecular flexibility index (Phi) is 5.24. The number of carbonyl (C=O) groups is 1. The number of carbonyl (C=O) groups excluding carboxylic acids is 1. The molecule has 0 aliphatic heterocycles. The number of aromatic amines is 1. The third kappa shape index (κ3) is 4.15. The molecule has 0 saturated carbocycles. The molecule has 4 heterocycles. The first-order chi connectivity index (χ1) is 13.8. The van der Waals surface area contributed by atoms with Crippen LogP contribution < -0.4 is 10.1 Å². The highest BCUT2D eigenvalue weighted by Crippen LogP contribution is 2.21. The number of H-pyrrole nitrogens is 1. The molecule has 28 heavy (non-hydrogen) atoms. The van der Waals surface area contributed by atoms with Crippen LogP contribution in [0.2, 0.25) is 0 Å². The molecule has 4 rings (SSSR count).